The molecule has 1 aromatic rings. The van der Waals surface area contributed by atoms with Crippen LogP contribution in [0.4, 0.5) is 0 Å². The molecule has 3 nitrogen and oxygen atoms in total. The van der Waals surface area contributed by atoms with E-state index in [1.165, 1.54) is 0 Å². The van der Waals surface area contributed by atoms with Crippen molar-refractivity contribution in [2.45, 2.75) is 26.7 Å². The third kappa shape index (κ3) is 3.64. The number of nitrogens with one attached hydrogen (secondary N) is 1. The summed E-state index contributed by atoms with van der Waals surface area (Å²) in [6, 6.07) is 3.86. The molecule has 3 heteroatoms. The SMILES string of the molecule is CCC(CNC(C)=O)Cc1ccco1. The summed E-state index contributed by atoms with van der Waals surface area (Å²) < 4.78 is 5.26. The Morgan fingerprint density at radius 2 is 2.43 bits per heavy atom. The zero-order valence-corrected chi connectivity index (χ0v) is 8.75. The van der Waals surface area contributed by atoms with Crippen LogP contribution >= 0.6 is 0 Å². The molecule has 1 heterocycles. The topological polar surface area (TPSA) is 42.2 Å². The van der Waals surface area contributed by atoms with Gasteiger partial charge in [0.1, 0.15) is 5.76 Å². The molecule has 1 unspecified atom stereocenters. The van der Waals surface area contributed by atoms with Crippen LogP contribution in [0.25, 0.3) is 0 Å². The summed E-state index contributed by atoms with van der Waals surface area (Å²) in [7, 11) is 0. The summed E-state index contributed by atoms with van der Waals surface area (Å²) in [5, 5.41) is 2.83. The van der Waals surface area contributed by atoms with Crippen LogP contribution in [0.3, 0.4) is 0 Å². The van der Waals surface area contributed by atoms with Gasteiger partial charge in [-0.25, -0.2) is 0 Å². The highest BCUT2D eigenvalue weighted by atomic mass is 16.3. The number of carbonyl (C=O) groups excluding carboxylic acids is 1. The summed E-state index contributed by atoms with van der Waals surface area (Å²) in [5.41, 5.74) is 0. The first-order chi connectivity index (χ1) is 6.72. The van der Waals surface area contributed by atoms with Crippen molar-refractivity contribution < 1.29 is 9.21 Å². The van der Waals surface area contributed by atoms with E-state index in [9.17, 15) is 4.79 Å². The highest BCUT2D eigenvalue weighted by molar-refractivity contribution is 5.72. The van der Waals surface area contributed by atoms with Crippen molar-refractivity contribution in [3.8, 4) is 0 Å². The van der Waals surface area contributed by atoms with E-state index in [4.69, 9.17) is 4.42 Å². The van der Waals surface area contributed by atoms with Gasteiger partial charge in [0.2, 0.25) is 5.91 Å². The second kappa shape index (κ2) is 5.47. The molecule has 1 N–H and O–H groups in total. The van der Waals surface area contributed by atoms with Gasteiger partial charge in [-0.1, -0.05) is 13.3 Å². The first-order valence-electron chi connectivity index (χ1n) is 4.99. The zero-order valence-electron chi connectivity index (χ0n) is 8.75. The number of amides is 1. The van der Waals surface area contributed by atoms with E-state index >= 15 is 0 Å². The second-order valence-corrected chi connectivity index (χ2v) is 3.49. The summed E-state index contributed by atoms with van der Waals surface area (Å²) in [4.78, 5) is 10.7. The molecule has 1 rings (SSSR count). The molecule has 0 aliphatic heterocycles. The van der Waals surface area contributed by atoms with Gasteiger partial charge in [0, 0.05) is 19.9 Å². The van der Waals surface area contributed by atoms with Crippen LogP contribution in [0, 0.1) is 5.92 Å². The van der Waals surface area contributed by atoms with Gasteiger partial charge in [-0.2, -0.15) is 0 Å². The Hall–Kier alpha value is -1.25. The fourth-order valence-electron chi connectivity index (χ4n) is 1.36. The molecule has 0 bridgehead atoms. The Balaban J connectivity index is 2.35. The van der Waals surface area contributed by atoms with Crippen molar-refractivity contribution in [1.29, 1.82) is 0 Å². The lowest BCUT2D eigenvalue weighted by Crippen LogP contribution is -2.27. The Labute approximate surface area is 84.5 Å². The highest BCUT2D eigenvalue weighted by Gasteiger charge is 2.09. The van der Waals surface area contributed by atoms with Gasteiger partial charge in [0.25, 0.3) is 0 Å². The van der Waals surface area contributed by atoms with E-state index in [2.05, 4.69) is 12.2 Å². The Kier molecular flexibility index (Phi) is 4.23. The predicted octanol–water partition coefficient (Wildman–Crippen LogP) is 1.98. The van der Waals surface area contributed by atoms with Gasteiger partial charge in [-0.3, -0.25) is 4.79 Å². The fourth-order valence-corrected chi connectivity index (χ4v) is 1.36. The smallest absolute Gasteiger partial charge is 0.216 e. The minimum atomic E-state index is 0.0305. The first kappa shape index (κ1) is 10.8. The van der Waals surface area contributed by atoms with Gasteiger partial charge in [-0.15, -0.1) is 0 Å². The molecule has 0 aliphatic rings. The Morgan fingerprint density at radius 1 is 1.64 bits per heavy atom. The molecule has 1 amide bonds. The third-order valence-electron chi connectivity index (χ3n) is 2.29. The van der Waals surface area contributed by atoms with Gasteiger partial charge in [0.05, 0.1) is 6.26 Å². The zero-order chi connectivity index (χ0) is 10.4. The predicted molar refractivity (Wildman–Crippen MR) is 54.9 cm³/mol. The molecule has 0 fully saturated rings. The van der Waals surface area contributed by atoms with Crippen LogP contribution in [0.2, 0.25) is 0 Å². The van der Waals surface area contributed by atoms with Crippen molar-refractivity contribution in [3.63, 3.8) is 0 Å². The normalized spacial score (nSPS) is 12.4. The van der Waals surface area contributed by atoms with Gasteiger partial charge in [0.15, 0.2) is 0 Å². The molecule has 14 heavy (non-hydrogen) atoms. The first-order valence-corrected chi connectivity index (χ1v) is 4.99. The summed E-state index contributed by atoms with van der Waals surface area (Å²) in [6.45, 7) is 4.39. The average Bonchev–Trinajstić information content (AvgIpc) is 2.64. The standard InChI is InChI=1S/C11H17NO2/c1-3-10(8-12-9(2)13)7-11-5-4-6-14-11/h4-6,10H,3,7-8H2,1-2H3,(H,12,13). The molecular formula is C11H17NO2. The van der Waals surface area contributed by atoms with E-state index in [-0.39, 0.29) is 5.91 Å². The van der Waals surface area contributed by atoms with Crippen molar-refractivity contribution >= 4 is 5.91 Å². The van der Waals surface area contributed by atoms with Gasteiger partial charge < -0.3 is 9.73 Å². The maximum absolute atomic E-state index is 10.7. The monoisotopic (exact) mass is 195 g/mol. The number of rotatable bonds is 5. The lowest BCUT2D eigenvalue weighted by molar-refractivity contribution is -0.119. The van der Waals surface area contributed by atoms with E-state index in [1.807, 2.05) is 12.1 Å². The molecule has 0 aliphatic carbocycles. The second-order valence-electron chi connectivity index (χ2n) is 3.49. The summed E-state index contributed by atoms with van der Waals surface area (Å²) >= 11 is 0. The molecule has 0 saturated heterocycles. The number of hydrogen-bond donors (Lipinski definition) is 1. The summed E-state index contributed by atoms with van der Waals surface area (Å²) in [5.74, 6) is 1.48. The van der Waals surface area contributed by atoms with Crippen molar-refractivity contribution in [1.82, 2.24) is 5.32 Å². The Bertz CT molecular complexity index is 267. The molecule has 0 radical (unpaired) electrons. The van der Waals surface area contributed by atoms with Gasteiger partial charge >= 0.3 is 0 Å². The van der Waals surface area contributed by atoms with Crippen LogP contribution in [-0.2, 0) is 11.2 Å². The molecule has 0 aromatic carbocycles. The largest absolute Gasteiger partial charge is 0.469 e. The lowest BCUT2D eigenvalue weighted by Gasteiger charge is -2.13. The van der Waals surface area contributed by atoms with Crippen LogP contribution in [0.1, 0.15) is 26.0 Å². The molecule has 1 aromatic heterocycles. The maximum atomic E-state index is 10.7. The molecule has 0 spiro atoms. The van der Waals surface area contributed by atoms with E-state index in [0.717, 1.165) is 25.1 Å². The molecular weight excluding hydrogens is 178 g/mol. The van der Waals surface area contributed by atoms with Crippen molar-refractivity contribution in [2.75, 3.05) is 6.54 Å². The summed E-state index contributed by atoms with van der Waals surface area (Å²) in [6.07, 6.45) is 3.62. The minimum Gasteiger partial charge on any atom is -0.469 e. The minimum absolute atomic E-state index is 0.0305. The number of hydrogen-bond acceptors (Lipinski definition) is 2. The maximum Gasteiger partial charge on any atom is 0.216 e. The van der Waals surface area contributed by atoms with E-state index in [1.54, 1.807) is 13.2 Å². The number of carbonyl (C=O) groups is 1. The third-order valence-corrected chi connectivity index (χ3v) is 2.29. The van der Waals surface area contributed by atoms with Gasteiger partial charge in [-0.05, 0) is 18.1 Å². The molecule has 1 atom stereocenters. The Morgan fingerprint density at radius 3 is 2.93 bits per heavy atom. The molecule has 0 saturated carbocycles. The lowest BCUT2D eigenvalue weighted by atomic mass is 10.0. The quantitative estimate of drug-likeness (QED) is 0.780. The number of furan rings is 1. The van der Waals surface area contributed by atoms with E-state index < -0.39 is 0 Å². The molecule has 78 valence electrons. The average molecular weight is 195 g/mol. The van der Waals surface area contributed by atoms with Crippen LogP contribution < -0.4 is 5.32 Å². The van der Waals surface area contributed by atoms with Crippen molar-refractivity contribution in [3.05, 3.63) is 24.2 Å². The van der Waals surface area contributed by atoms with Crippen molar-refractivity contribution in [2.24, 2.45) is 5.92 Å². The van der Waals surface area contributed by atoms with Crippen LogP contribution in [-0.4, -0.2) is 12.5 Å². The van der Waals surface area contributed by atoms with Crippen LogP contribution in [0.15, 0.2) is 22.8 Å². The van der Waals surface area contributed by atoms with E-state index in [0.29, 0.717) is 5.92 Å². The van der Waals surface area contributed by atoms with Crippen LogP contribution in [0.5, 0.6) is 0 Å². The fraction of sp³-hybridized carbons (Fsp3) is 0.545. The highest BCUT2D eigenvalue weighted by Crippen LogP contribution is 2.11.